The van der Waals surface area contributed by atoms with Crippen molar-refractivity contribution in [3.05, 3.63) is 77.4 Å². The molecule has 2 heterocycles. The molecule has 4 rings (SSSR count). The van der Waals surface area contributed by atoms with Crippen LogP contribution in [0.5, 0.6) is 0 Å². The predicted molar refractivity (Wildman–Crippen MR) is 128 cm³/mol. The van der Waals surface area contributed by atoms with Crippen LogP contribution in [0.2, 0.25) is 0 Å². The van der Waals surface area contributed by atoms with E-state index < -0.39 is 0 Å². The van der Waals surface area contributed by atoms with E-state index in [0.29, 0.717) is 6.54 Å². The maximum atomic E-state index is 4.93. The Kier molecular flexibility index (Phi) is 7.65. The normalized spacial score (nSPS) is 12.7. The van der Waals surface area contributed by atoms with Gasteiger partial charge in [-0.25, -0.2) is 0 Å². The standard InChI is InChI=1S/C27H34N4/c1-2-3-4-5-6-7-8-9-13-20-25-29-30-26-21-28-27(22-16-11-10-12-17-22)23-18-14-15-19-24(23)31(25)26/h10-12,14-19H,2-9,13,20-21H2,1H3. The second-order valence-corrected chi connectivity index (χ2v) is 8.49. The van der Waals surface area contributed by atoms with Crippen molar-refractivity contribution in [2.75, 3.05) is 0 Å². The molecule has 0 aliphatic carbocycles. The molecule has 0 atom stereocenters. The molecule has 0 N–H and O–H groups in total. The van der Waals surface area contributed by atoms with E-state index in [4.69, 9.17) is 4.99 Å². The number of hydrogen-bond acceptors (Lipinski definition) is 3. The number of aliphatic imine (C=N–C) groups is 1. The smallest absolute Gasteiger partial charge is 0.159 e. The summed E-state index contributed by atoms with van der Waals surface area (Å²) in [6, 6.07) is 19.0. The van der Waals surface area contributed by atoms with Gasteiger partial charge in [0.1, 0.15) is 12.4 Å². The summed E-state index contributed by atoms with van der Waals surface area (Å²) in [5.74, 6) is 2.00. The van der Waals surface area contributed by atoms with Crippen LogP contribution < -0.4 is 0 Å². The summed E-state index contributed by atoms with van der Waals surface area (Å²) in [5.41, 5.74) is 4.49. The van der Waals surface area contributed by atoms with Gasteiger partial charge in [-0.3, -0.25) is 9.56 Å². The summed E-state index contributed by atoms with van der Waals surface area (Å²) in [6.07, 6.45) is 13.0. The van der Waals surface area contributed by atoms with Crippen LogP contribution in [0, 0.1) is 0 Å². The lowest BCUT2D eigenvalue weighted by Crippen LogP contribution is -2.09. The summed E-state index contributed by atoms with van der Waals surface area (Å²) < 4.78 is 2.25. The van der Waals surface area contributed by atoms with Gasteiger partial charge >= 0.3 is 0 Å². The average molecular weight is 415 g/mol. The van der Waals surface area contributed by atoms with Gasteiger partial charge in [-0.1, -0.05) is 107 Å². The van der Waals surface area contributed by atoms with Gasteiger partial charge in [0.05, 0.1) is 11.4 Å². The number of nitrogens with zero attached hydrogens (tertiary/aromatic N) is 4. The summed E-state index contributed by atoms with van der Waals surface area (Å²) in [6.45, 7) is 2.84. The zero-order valence-electron chi connectivity index (χ0n) is 18.8. The Morgan fingerprint density at radius 1 is 0.742 bits per heavy atom. The quantitative estimate of drug-likeness (QED) is 0.328. The van der Waals surface area contributed by atoms with E-state index in [-0.39, 0.29) is 0 Å². The molecule has 2 aromatic carbocycles. The highest BCUT2D eigenvalue weighted by Crippen LogP contribution is 2.26. The minimum atomic E-state index is 0.559. The summed E-state index contributed by atoms with van der Waals surface area (Å²) >= 11 is 0. The molecule has 4 heteroatoms. The number of fused-ring (bicyclic) bond motifs is 3. The summed E-state index contributed by atoms with van der Waals surface area (Å²) in [4.78, 5) is 4.93. The van der Waals surface area contributed by atoms with Crippen molar-refractivity contribution in [3.63, 3.8) is 0 Å². The van der Waals surface area contributed by atoms with Gasteiger partial charge < -0.3 is 0 Å². The number of rotatable bonds is 11. The Balaban J connectivity index is 1.43. The highest BCUT2D eigenvalue weighted by Gasteiger charge is 2.22. The van der Waals surface area contributed by atoms with E-state index in [9.17, 15) is 0 Å². The van der Waals surface area contributed by atoms with Gasteiger partial charge in [0, 0.05) is 17.5 Å². The van der Waals surface area contributed by atoms with Crippen LogP contribution >= 0.6 is 0 Å². The lowest BCUT2D eigenvalue weighted by atomic mass is 10.0. The molecule has 0 spiro atoms. The average Bonchev–Trinajstić information content (AvgIpc) is 3.13. The van der Waals surface area contributed by atoms with Gasteiger partial charge in [-0.2, -0.15) is 0 Å². The topological polar surface area (TPSA) is 43.1 Å². The fourth-order valence-electron chi connectivity index (χ4n) is 4.44. The molecule has 0 fully saturated rings. The number of aromatic nitrogens is 3. The molecular weight excluding hydrogens is 380 g/mol. The molecule has 0 bridgehead atoms. The van der Waals surface area contributed by atoms with Crippen LogP contribution in [0.15, 0.2) is 59.6 Å². The van der Waals surface area contributed by atoms with Crippen molar-refractivity contribution in [2.45, 2.75) is 77.7 Å². The molecule has 1 aromatic heterocycles. The molecule has 0 unspecified atom stereocenters. The van der Waals surface area contributed by atoms with Crippen molar-refractivity contribution in [1.82, 2.24) is 14.8 Å². The molecule has 0 radical (unpaired) electrons. The summed E-state index contributed by atoms with van der Waals surface area (Å²) in [5, 5.41) is 9.05. The Hall–Kier alpha value is -2.75. The minimum absolute atomic E-state index is 0.559. The third-order valence-corrected chi connectivity index (χ3v) is 6.13. The molecule has 0 amide bonds. The molecule has 0 saturated heterocycles. The fourth-order valence-corrected chi connectivity index (χ4v) is 4.44. The van der Waals surface area contributed by atoms with Crippen LogP contribution in [0.25, 0.3) is 5.69 Å². The van der Waals surface area contributed by atoms with E-state index in [1.807, 2.05) is 6.07 Å². The van der Waals surface area contributed by atoms with Crippen LogP contribution in [0.4, 0.5) is 0 Å². The number of hydrogen-bond donors (Lipinski definition) is 0. The lowest BCUT2D eigenvalue weighted by molar-refractivity contribution is 0.561. The fraction of sp³-hybridized carbons (Fsp3) is 0.444. The minimum Gasteiger partial charge on any atom is -0.281 e. The Morgan fingerprint density at radius 2 is 1.42 bits per heavy atom. The van der Waals surface area contributed by atoms with Gasteiger partial charge in [0.2, 0.25) is 0 Å². The molecule has 0 saturated carbocycles. The second kappa shape index (κ2) is 11.0. The first-order chi connectivity index (χ1) is 15.4. The first-order valence-electron chi connectivity index (χ1n) is 12.0. The van der Waals surface area contributed by atoms with Crippen LogP contribution in [-0.2, 0) is 13.0 Å². The van der Waals surface area contributed by atoms with Crippen LogP contribution in [-0.4, -0.2) is 20.5 Å². The van der Waals surface area contributed by atoms with Crippen LogP contribution in [0.1, 0.15) is 87.5 Å². The zero-order chi connectivity index (χ0) is 21.3. The van der Waals surface area contributed by atoms with E-state index in [1.165, 1.54) is 57.8 Å². The number of aryl methyl sites for hydroxylation is 1. The maximum absolute atomic E-state index is 4.93. The monoisotopic (exact) mass is 414 g/mol. The second-order valence-electron chi connectivity index (χ2n) is 8.49. The number of para-hydroxylation sites is 1. The summed E-state index contributed by atoms with van der Waals surface area (Å²) in [7, 11) is 0. The zero-order valence-corrected chi connectivity index (χ0v) is 18.8. The Morgan fingerprint density at radius 3 is 2.19 bits per heavy atom. The third kappa shape index (κ3) is 5.30. The first-order valence-corrected chi connectivity index (χ1v) is 12.0. The Labute approximate surface area is 186 Å². The van der Waals surface area contributed by atoms with Crippen LogP contribution in [0.3, 0.4) is 0 Å². The molecule has 1 aliphatic rings. The lowest BCUT2D eigenvalue weighted by Gasteiger charge is -2.13. The molecule has 1 aliphatic heterocycles. The van der Waals surface area contributed by atoms with Crippen molar-refractivity contribution in [3.8, 4) is 5.69 Å². The van der Waals surface area contributed by atoms with E-state index in [1.54, 1.807) is 0 Å². The van der Waals surface area contributed by atoms with Gasteiger partial charge in [0.25, 0.3) is 0 Å². The maximum Gasteiger partial charge on any atom is 0.159 e. The van der Waals surface area contributed by atoms with E-state index in [2.05, 4.69) is 70.2 Å². The number of benzene rings is 2. The third-order valence-electron chi connectivity index (χ3n) is 6.13. The van der Waals surface area contributed by atoms with Gasteiger partial charge in [0.15, 0.2) is 5.82 Å². The van der Waals surface area contributed by atoms with Crippen molar-refractivity contribution >= 4 is 5.71 Å². The highest BCUT2D eigenvalue weighted by molar-refractivity contribution is 6.15. The molecule has 162 valence electrons. The highest BCUT2D eigenvalue weighted by atomic mass is 15.3. The first kappa shape index (κ1) is 21.5. The number of unbranched alkanes of at least 4 members (excludes halogenated alkanes) is 8. The van der Waals surface area contributed by atoms with E-state index >= 15 is 0 Å². The molecule has 3 aromatic rings. The van der Waals surface area contributed by atoms with Crippen molar-refractivity contribution < 1.29 is 0 Å². The van der Waals surface area contributed by atoms with Gasteiger partial charge in [-0.15, -0.1) is 10.2 Å². The SMILES string of the molecule is CCCCCCCCCCCc1nnc2n1-c1ccccc1C(c1ccccc1)=NC2. The Bertz CT molecular complexity index is 987. The molecule has 4 nitrogen and oxygen atoms in total. The molecule has 31 heavy (non-hydrogen) atoms. The van der Waals surface area contributed by atoms with Crippen molar-refractivity contribution in [2.24, 2.45) is 4.99 Å². The van der Waals surface area contributed by atoms with E-state index in [0.717, 1.165) is 40.6 Å². The molecular formula is C27H34N4. The predicted octanol–water partition coefficient (Wildman–Crippen LogP) is 6.69. The van der Waals surface area contributed by atoms with Gasteiger partial charge in [-0.05, 0) is 12.5 Å². The van der Waals surface area contributed by atoms with Crippen molar-refractivity contribution in [1.29, 1.82) is 0 Å². The largest absolute Gasteiger partial charge is 0.281 e.